The van der Waals surface area contributed by atoms with E-state index in [-0.39, 0.29) is 10.8 Å². The second-order valence-electron chi connectivity index (χ2n) is 8.54. The topological polar surface area (TPSA) is 91.8 Å². The molecule has 2 fully saturated rings. The summed E-state index contributed by atoms with van der Waals surface area (Å²) in [5.74, 6) is -0.344. The van der Waals surface area contributed by atoms with Gasteiger partial charge in [-0.3, -0.25) is 10.1 Å². The maximum Gasteiger partial charge on any atom is 0.259 e. The number of carbonyl (C=O) groups excluding carboxylic acids is 1. The van der Waals surface area contributed by atoms with Gasteiger partial charge >= 0.3 is 0 Å². The molecule has 2 heterocycles. The molecule has 180 valence electrons. The average molecular weight is 493 g/mol. The number of amides is 1. The first-order chi connectivity index (χ1) is 15.9. The van der Waals surface area contributed by atoms with Gasteiger partial charge in [0, 0.05) is 42.9 Å². The molecule has 0 atom stereocenters. The number of nitrogens with zero attached hydrogens (tertiary/aromatic N) is 3. The van der Waals surface area contributed by atoms with E-state index in [1.807, 2.05) is 14.0 Å². The molecule has 2 aromatic rings. The van der Waals surface area contributed by atoms with Crippen LogP contribution in [-0.4, -0.2) is 63.0 Å². The number of sulfonamides is 1. The van der Waals surface area contributed by atoms with Crippen LogP contribution in [-0.2, 0) is 21.2 Å². The molecule has 0 spiro atoms. The number of hydrogen-bond acceptors (Lipinski definition) is 7. The fraction of sp³-hybridized carbons (Fsp3) is 0.565. The first-order valence-electron chi connectivity index (χ1n) is 11.6. The van der Waals surface area contributed by atoms with Gasteiger partial charge in [-0.15, -0.1) is 11.3 Å². The Bertz CT molecular complexity index is 1070. The first-order valence-corrected chi connectivity index (χ1v) is 13.9. The first kappa shape index (κ1) is 24.1. The Labute approximate surface area is 200 Å². The third-order valence-corrected chi connectivity index (χ3v) is 9.40. The largest absolute Gasteiger partial charge is 0.379 e. The van der Waals surface area contributed by atoms with Gasteiger partial charge in [-0.05, 0) is 37.5 Å². The zero-order valence-corrected chi connectivity index (χ0v) is 20.9. The fourth-order valence-electron chi connectivity index (χ4n) is 4.46. The Morgan fingerprint density at radius 3 is 2.64 bits per heavy atom. The number of nitrogens with one attached hydrogen (secondary N) is 1. The highest BCUT2D eigenvalue weighted by atomic mass is 32.2. The second-order valence-corrected chi connectivity index (χ2v) is 11.6. The number of benzene rings is 1. The number of ether oxygens (including phenoxy) is 1. The molecule has 33 heavy (non-hydrogen) atoms. The van der Waals surface area contributed by atoms with Crippen LogP contribution in [0.3, 0.4) is 0 Å². The van der Waals surface area contributed by atoms with Gasteiger partial charge in [0.25, 0.3) is 5.91 Å². The number of anilines is 2. The molecule has 8 nitrogen and oxygen atoms in total. The number of rotatable bonds is 7. The van der Waals surface area contributed by atoms with Crippen LogP contribution in [0.2, 0.25) is 0 Å². The summed E-state index contributed by atoms with van der Waals surface area (Å²) < 4.78 is 33.2. The van der Waals surface area contributed by atoms with Crippen molar-refractivity contribution in [1.82, 2.24) is 9.29 Å². The van der Waals surface area contributed by atoms with E-state index >= 15 is 0 Å². The van der Waals surface area contributed by atoms with Gasteiger partial charge in [0.15, 0.2) is 5.13 Å². The van der Waals surface area contributed by atoms with Crippen molar-refractivity contribution in [1.29, 1.82) is 0 Å². The highest BCUT2D eigenvalue weighted by Crippen LogP contribution is 2.32. The molecular weight excluding hydrogens is 460 g/mol. The van der Waals surface area contributed by atoms with Crippen LogP contribution in [0.25, 0.3) is 0 Å². The molecule has 1 saturated heterocycles. The van der Waals surface area contributed by atoms with E-state index in [0.29, 0.717) is 43.0 Å². The van der Waals surface area contributed by atoms with Gasteiger partial charge in [-0.1, -0.05) is 26.2 Å². The SMILES string of the molecule is CCc1cnc(NC(=O)c2cc(S(=O)(=O)N3CCOCC3)ccc2N(C)C2CCCCC2)s1. The molecule has 10 heteroatoms. The van der Waals surface area contributed by atoms with Crippen molar-refractivity contribution in [3.05, 3.63) is 34.8 Å². The molecule has 0 unspecified atom stereocenters. The molecule has 1 amide bonds. The summed E-state index contributed by atoms with van der Waals surface area (Å²) in [5, 5.41) is 3.40. The smallest absolute Gasteiger partial charge is 0.259 e. The molecule has 1 aliphatic carbocycles. The normalized spacial score (nSPS) is 18.2. The van der Waals surface area contributed by atoms with Crippen LogP contribution in [0, 0.1) is 0 Å². The lowest BCUT2D eigenvalue weighted by Crippen LogP contribution is -2.40. The van der Waals surface area contributed by atoms with Crippen molar-refractivity contribution in [3.8, 4) is 0 Å². The van der Waals surface area contributed by atoms with Crippen LogP contribution in [0.5, 0.6) is 0 Å². The van der Waals surface area contributed by atoms with Gasteiger partial charge in [-0.25, -0.2) is 13.4 Å². The lowest BCUT2D eigenvalue weighted by atomic mass is 9.93. The molecule has 4 rings (SSSR count). The highest BCUT2D eigenvalue weighted by molar-refractivity contribution is 7.89. The predicted octanol–water partition coefficient (Wildman–Crippen LogP) is 3.75. The summed E-state index contributed by atoms with van der Waals surface area (Å²) in [6.07, 6.45) is 8.30. The molecule has 1 aliphatic heterocycles. The highest BCUT2D eigenvalue weighted by Gasteiger charge is 2.29. The van der Waals surface area contributed by atoms with Gasteiger partial charge in [0.05, 0.1) is 23.7 Å². The van der Waals surface area contributed by atoms with Crippen molar-refractivity contribution >= 4 is 38.1 Å². The number of morpholine rings is 1. The van der Waals surface area contributed by atoms with Crippen molar-refractivity contribution in [2.75, 3.05) is 43.6 Å². The van der Waals surface area contributed by atoms with Gasteiger partial charge in [-0.2, -0.15) is 4.31 Å². The maximum absolute atomic E-state index is 13.4. The third kappa shape index (κ3) is 5.40. The summed E-state index contributed by atoms with van der Waals surface area (Å²) in [6, 6.07) is 5.24. The summed E-state index contributed by atoms with van der Waals surface area (Å²) in [5.41, 5.74) is 1.10. The fourth-order valence-corrected chi connectivity index (χ4v) is 6.64. The third-order valence-electron chi connectivity index (χ3n) is 6.45. The van der Waals surface area contributed by atoms with E-state index in [9.17, 15) is 13.2 Å². The second kappa shape index (κ2) is 10.5. The van der Waals surface area contributed by atoms with E-state index < -0.39 is 10.0 Å². The quantitative estimate of drug-likeness (QED) is 0.633. The predicted molar refractivity (Wildman–Crippen MR) is 131 cm³/mol. The van der Waals surface area contributed by atoms with Gasteiger partial charge in [0.1, 0.15) is 0 Å². The monoisotopic (exact) mass is 492 g/mol. The van der Waals surface area contributed by atoms with Crippen molar-refractivity contribution in [3.63, 3.8) is 0 Å². The van der Waals surface area contributed by atoms with Crippen molar-refractivity contribution in [2.45, 2.75) is 56.4 Å². The number of aryl methyl sites for hydroxylation is 1. The van der Waals surface area contributed by atoms with Crippen LogP contribution in [0.15, 0.2) is 29.3 Å². The number of aromatic nitrogens is 1. The summed E-state index contributed by atoms with van der Waals surface area (Å²) in [7, 11) is -1.72. The Hall–Kier alpha value is -2.01. The van der Waals surface area contributed by atoms with Crippen LogP contribution >= 0.6 is 11.3 Å². The minimum absolute atomic E-state index is 0.128. The molecule has 1 aromatic heterocycles. The maximum atomic E-state index is 13.4. The Kier molecular flexibility index (Phi) is 7.68. The Balaban J connectivity index is 1.68. The van der Waals surface area contributed by atoms with Gasteiger partial charge in [0.2, 0.25) is 10.0 Å². The molecule has 1 saturated carbocycles. The lowest BCUT2D eigenvalue weighted by Gasteiger charge is -2.34. The Morgan fingerprint density at radius 1 is 1.24 bits per heavy atom. The number of hydrogen-bond donors (Lipinski definition) is 1. The molecule has 2 aliphatic rings. The number of thiazole rings is 1. The molecule has 1 aromatic carbocycles. The minimum atomic E-state index is -3.72. The zero-order valence-electron chi connectivity index (χ0n) is 19.2. The molecule has 1 N–H and O–H groups in total. The summed E-state index contributed by atoms with van der Waals surface area (Å²) in [4.78, 5) is 21.0. The van der Waals surface area contributed by atoms with E-state index in [4.69, 9.17) is 4.74 Å². The van der Waals surface area contributed by atoms with E-state index in [0.717, 1.165) is 29.8 Å². The number of carbonyl (C=O) groups is 1. The van der Waals surface area contributed by atoms with E-state index in [1.54, 1.807) is 18.3 Å². The standard InChI is InChI=1S/C23H32N4O4S2/c1-3-18-16-24-23(32-18)25-22(28)20-15-19(33(29,30)27-11-13-31-14-12-27)9-10-21(20)26(2)17-7-5-4-6-8-17/h9-10,15-17H,3-8,11-14H2,1-2H3,(H,24,25,28). The molecular formula is C23H32N4O4S2. The molecule has 0 radical (unpaired) electrons. The van der Waals surface area contributed by atoms with E-state index in [2.05, 4.69) is 15.2 Å². The van der Waals surface area contributed by atoms with Gasteiger partial charge < -0.3 is 9.64 Å². The van der Waals surface area contributed by atoms with Crippen LogP contribution in [0.1, 0.15) is 54.3 Å². The lowest BCUT2D eigenvalue weighted by molar-refractivity contribution is 0.0730. The van der Waals surface area contributed by atoms with Crippen molar-refractivity contribution < 1.29 is 17.9 Å². The van der Waals surface area contributed by atoms with Crippen LogP contribution < -0.4 is 10.2 Å². The molecule has 0 bridgehead atoms. The minimum Gasteiger partial charge on any atom is -0.379 e. The van der Waals surface area contributed by atoms with Crippen molar-refractivity contribution in [2.24, 2.45) is 0 Å². The van der Waals surface area contributed by atoms with Crippen LogP contribution in [0.4, 0.5) is 10.8 Å². The average Bonchev–Trinajstić information content (AvgIpc) is 3.31. The summed E-state index contributed by atoms with van der Waals surface area (Å²) >= 11 is 1.43. The Morgan fingerprint density at radius 2 is 1.97 bits per heavy atom. The zero-order chi connectivity index (χ0) is 23.4. The van der Waals surface area contributed by atoms with E-state index in [1.165, 1.54) is 41.0 Å². The summed E-state index contributed by atoms with van der Waals surface area (Å²) in [6.45, 7) is 3.41.